The number of nitrogens with two attached hydrogens (primary N) is 1. The van der Waals surface area contributed by atoms with E-state index in [4.69, 9.17) is 17.3 Å². The number of rotatable bonds is 6. The average Bonchev–Trinajstić information content (AvgIpc) is 2.38. The van der Waals surface area contributed by atoms with Gasteiger partial charge in [-0.1, -0.05) is 31.9 Å². The Kier molecular flexibility index (Phi) is 6.52. The molecule has 1 aromatic rings. The predicted octanol–water partition coefficient (Wildman–Crippen LogP) is 4.03. The number of anilines is 2. The SMILES string of the molecule is CCC(C)CSC(C)C(=O)Nc1ccc(N)cc1Cl. The van der Waals surface area contributed by atoms with Gasteiger partial charge in [0.05, 0.1) is 16.0 Å². The minimum absolute atomic E-state index is 0.0278. The van der Waals surface area contributed by atoms with E-state index in [1.54, 1.807) is 30.0 Å². The molecule has 0 fully saturated rings. The second-order valence-corrected chi connectivity index (χ2v) is 6.50. The van der Waals surface area contributed by atoms with Crippen LogP contribution in [0.2, 0.25) is 5.02 Å². The zero-order valence-electron chi connectivity index (χ0n) is 11.6. The molecule has 3 nitrogen and oxygen atoms in total. The highest BCUT2D eigenvalue weighted by molar-refractivity contribution is 8.00. The summed E-state index contributed by atoms with van der Waals surface area (Å²) in [6.45, 7) is 6.26. The smallest absolute Gasteiger partial charge is 0.237 e. The summed E-state index contributed by atoms with van der Waals surface area (Å²) in [4.78, 5) is 12.0. The second kappa shape index (κ2) is 7.65. The van der Waals surface area contributed by atoms with Gasteiger partial charge in [0, 0.05) is 5.69 Å². The monoisotopic (exact) mass is 300 g/mol. The number of hydrogen-bond acceptors (Lipinski definition) is 3. The number of nitrogens with one attached hydrogen (secondary N) is 1. The highest BCUT2D eigenvalue weighted by Gasteiger charge is 2.15. The summed E-state index contributed by atoms with van der Waals surface area (Å²) in [5.74, 6) is 1.58. The van der Waals surface area contributed by atoms with Crippen LogP contribution < -0.4 is 11.1 Å². The number of halogens is 1. The van der Waals surface area contributed by atoms with E-state index in [1.807, 2.05) is 6.92 Å². The van der Waals surface area contributed by atoms with Gasteiger partial charge < -0.3 is 11.1 Å². The summed E-state index contributed by atoms with van der Waals surface area (Å²) in [6, 6.07) is 5.08. The topological polar surface area (TPSA) is 55.1 Å². The molecule has 3 N–H and O–H groups in total. The van der Waals surface area contributed by atoms with Crippen molar-refractivity contribution in [1.82, 2.24) is 0 Å². The van der Waals surface area contributed by atoms with Crippen molar-refractivity contribution in [2.24, 2.45) is 5.92 Å². The zero-order chi connectivity index (χ0) is 14.4. The Hall–Kier alpha value is -0.870. The van der Waals surface area contributed by atoms with Crippen molar-refractivity contribution >= 4 is 40.6 Å². The normalized spacial score (nSPS) is 13.9. The van der Waals surface area contributed by atoms with Crippen LogP contribution in [0.4, 0.5) is 11.4 Å². The van der Waals surface area contributed by atoms with Crippen LogP contribution in [0.5, 0.6) is 0 Å². The molecule has 0 aromatic heterocycles. The van der Waals surface area contributed by atoms with Crippen LogP contribution >= 0.6 is 23.4 Å². The highest BCUT2D eigenvalue weighted by atomic mass is 35.5. The van der Waals surface area contributed by atoms with E-state index >= 15 is 0 Å². The van der Waals surface area contributed by atoms with Crippen LogP contribution in [0.15, 0.2) is 18.2 Å². The fourth-order valence-corrected chi connectivity index (χ4v) is 2.67. The lowest BCUT2D eigenvalue weighted by Crippen LogP contribution is -2.23. The third kappa shape index (κ3) is 5.33. The number of carbonyl (C=O) groups excluding carboxylic acids is 1. The maximum atomic E-state index is 12.0. The van der Waals surface area contributed by atoms with Gasteiger partial charge in [-0.2, -0.15) is 0 Å². The van der Waals surface area contributed by atoms with E-state index < -0.39 is 0 Å². The van der Waals surface area contributed by atoms with Crippen LogP contribution in [0.3, 0.4) is 0 Å². The fraction of sp³-hybridized carbons (Fsp3) is 0.500. The Bertz CT molecular complexity index is 439. The lowest BCUT2D eigenvalue weighted by atomic mass is 10.2. The van der Waals surface area contributed by atoms with Crippen LogP contribution in [0, 0.1) is 5.92 Å². The molecule has 1 amide bonds. The van der Waals surface area contributed by atoms with Crippen molar-refractivity contribution in [2.45, 2.75) is 32.4 Å². The molecule has 2 unspecified atom stereocenters. The quantitative estimate of drug-likeness (QED) is 0.780. The van der Waals surface area contributed by atoms with Gasteiger partial charge in [-0.3, -0.25) is 4.79 Å². The molecular formula is C14H21ClN2OS. The first-order valence-electron chi connectivity index (χ1n) is 6.41. The summed E-state index contributed by atoms with van der Waals surface area (Å²) in [5, 5.41) is 3.20. The lowest BCUT2D eigenvalue weighted by Gasteiger charge is -2.15. The Morgan fingerprint density at radius 1 is 1.47 bits per heavy atom. The Labute approximate surface area is 124 Å². The number of amides is 1. The minimum atomic E-state index is -0.0948. The molecule has 0 bridgehead atoms. The fourth-order valence-electron chi connectivity index (χ4n) is 1.37. The molecule has 5 heteroatoms. The molecule has 0 aliphatic rings. The van der Waals surface area contributed by atoms with Gasteiger partial charge >= 0.3 is 0 Å². The summed E-state index contributed by atoms with van der Waals surface area (Å²) in [5.41, 5.74) is 6.81. The zero-order valence-corrected chi connectivity index (χ0v) is 13.1. The molecule has 0 heterocycles. The molecule has 0 aliphatic heterocycles. The first kappa shape index (κ1) is 16.2. The first-order valence-corrected chi connectivity index (χ1v) is 7.84. The number of nitrogen functional groups attached to an aromatic ring is 1. The van der Waals surface area contributed by atoms with Crippen molar-refractivity contribution < 1.29 is 4.79 Å². The minimum Gasteiger partial charge on any atom is -0.399 e. The molecule has 0 saturated carbocycles. The summed E-state index contributed by atoms with van der Waals surface area (Å²) >= 11 is 7.69. The predicted molar refractivity (Wildman–Crippen MR) is 85.9 cm³/mol. The van der Waals surface area contributed by atoms with Crippen molar-refractivity contribution in [3.63, 3.8) is 0 Å². The highest BCUT2D eigenvalue weighted by Crippen LogP contribution is 2.25. The third-order valence-corrected chi connectivity index (χ3v) is 4.74. The molecule has 1 rings (SSSR count). The van der Waals surface area contributed by atoms with Gasteiger partial charge in [0.2, 0.25) is 5.91 Å². The molecule has 19 heavy (non-hydrogen) atoms. The number of thioether (sulfide) groups is 1. The summed E-state index contributed by atoms with van der Waals surface area (Å²) < 4.78 is 0. The van der Waals surface area contributed by atoms with Crippen LogP contribution in [0.1, 0.15) is 27.2 Å². The van der Waals surface area contributed by atoms with Gasteiger partial charge in [-0.15, -0.1) is 11.8 Å². The van der Waals surface area contributed by atoms with Crippen molar-refractivity contribution in [1.29, 1.82) is 0 Å². The van der Waals surface area contributed by atoms with Crippen LogP contribution in [0.25, 0.3) is 0 Å². The van der Waals surface area contributed by atoms with E-state index in [1.165, 1.54) is 0 Å². The lowest BCUT2D eigenvalue weighted by molar-refractivity contribution is -0.115. The second-order valence-electron chi connectivity index (χ2n) is 4.72. The van der Waals surface area contributed by atoms with Gasteiger partial charge in [0.1, 0.15) is 0 Å². The van der Waals surface area contributed by atoms with Gasteiger partial charge in [-0.05, 0) is 36.8 Å². The number of carbonyl (C=O) groups is 1. The Morgan fingerprint density at radius 3 is 2.74 bits per heavy atom. The van der Waals surface area contributed by atoms with Gasteiger partial charge in [0.15, 0.2) is 0 Å². The molecule has 0 aliphatic carbocycles. The Morgan fingerprint density at radius 2 is 2.16 bits per heavy atom. The van der Waals surface area contributed by atoms with Crippen LogP contribution in [-0.2, 0) is 4.79 Å². The summed E-state index contributed by atoms with van der Waals surface area (Å²) in [6.07, 6.45) is 1.13. The number of hydrogen-bond donors (Lipinski definition) is 2. The largest absolute Gasteiger partial charge is 0.399 e. The maximum Gasteiger partial charge on any atom is 0.237 e. The van der Waals surface area contributed by atoms with E-state index in [2.05, 4.69) is 19.2 Å². The molecule has 0 spiro atoms. The molecule has 0 saturated heterocycles. The van der Waals surface area contributed by atoms with Gasteiger partial charge in [0.25, 0.3) is 0 Å². The van der Waals surface area contributed by atoms with E-state index in [0.717, 1.165) is 12.2 Å². The van der Waals surface area contributed by atoms with Crippen LogP contribution in [-0.4, -0.2) is 16.9 Å². The summed E-state index contributed by atoms with van der Waals surface area (Å²) in [7, 11) is 0. The molecular weight excluding hydrogens is 280 g/mol. The Balaban J connectivity index is 2.54. The van der Waals surface area contributed by atoms with Crippen molar-refractivity contribution in [2.75, 3.05) is 16.8 Å². The van der Waals surface area contributed by atoms with Crippen molar-refractivity contribution in [3.05, 3.63) is 23.2 Å². The number of benzene rings is 1. The van der Waals surface area contributed by atoms with Crippen molar-refractivity contribution in [3.8, 4) is 0 Å². The first-order chi connectivity index (χ1) is 8.93. The molecule has 0 radical (unpaired) electrons. The maximum absolute atomic E-state index is 12.0. The molecule has 1 aromatic carbocycles. The van der Waals surface area contributed by atoms with Gasteiger partial charge in [-0.25, -0.2) is 0 Å². The third-order valence-electron chi connectivity index (χ3n) is 2.95. The van der Waals surface area contributed by atoms with E-state index in [0.29, 0.717) is 22.3 Å². The standard InChI is InChI=1S/C14H21ClN2OS/c1-4-9(2)8-19-10(3)14(18)17-13-6-5-11(16)7-12(13)15/h5-7,9-10H,4,8,16H2,1-3H3,(H,17,18). The van der Waals surface area contributed by atoms with E-state index in [-0.39, 0.29) is 11.2 Å². The molecule has 2 atom stereocenters. The average molecular weight is 301 g/mol. The van der Waals surface area contributed by atoms with E-state index in [9.17, 15) is 4.79 Å². The molecule has 106 valence electrons.